The van der Waals surface area contributed by atoms with E-state index in [0.717, 1.165) is 33.3 Å². The molecule has 0 saturated carbocycles. The predicted octanol–water partition coefficient (Wildman–Crippen LogP) is 7.08. The molecule has 0 aliphatic carbocycles. The molecule has 0 aliphatic rings. The molecule has 0 atom stereocenters. The highest BCUT2D eigenvalue weighted by atomic mass is 32.1. The van der Waals surface area contributed by atoms with Crippen LogP contribution in [0.4, 0.5) is 40.0 Å². The fourth-order valence-electron chi connectivity index (χ4n) is 3.74. The molecule has 5 N–H and O–H groups in total. The number of amides is 3. The van der Waals surface area contributed by atoms with Gasteiger partial charge in [-0.25, -0.2) is 14.6 Å². The third-order valence-corrected chi connectivity index (χ3v) is 6.48. The standard InChI is InChI=1S/C29H26F3N5O3S/c1-28(2,3)40-27(39)34-13-5-6-18-15-35-25(33)23-22(16-41-24(18)23)17-9-11-20(12-10-17)36-26(38)37-21-8-4-7-19(14-21)29(30,31)32/h4,7-12,14-16H,13H2,1-3H3,(H2,33,35)(H,34,39)(H2,36,37,38). The molecule has 0 unspecified atom stereocenters. The number of alkyl halides is 3. The van der Waals surface area contributed by atoms with Gasteiger partial charge in [0.25, 0.3) is 0 Å². The molecule has 4 aromatic rings. The lowest BCUT2D eigenvalue weighted by molar-refractivity contribution is -0.137. The highest BCUT2D eigenvalue weighted by Crippen LogP contribution is 2.38. The molecule has 2 heterocycles. The summed E-state index contributed by atoms with van der Waals surface area (Å²) in [6, 6.07) is 10.6. The Hall–Kier alpha value is -4.76. The average Bonchev–Trinajstić information content (AvgIpc) is 3.33. The van der Waals surface area contributed by atoms with Crippen molar-refractivity contribution in [3.8, 4) is 23.0 Å². The van der Waals surface area contributed by atoms with Crippen molar-refractivity contribution in [3.63, 3.8) is 0 Å². The van der Waals surface area contributed by atoms with E-state index in [1.165, 1.54) is 23.5 Å². The molecule has 0 bridgehead atoms. The minimum absolute atomic E-state index is 0.0150. The predicted molar refractivity (Wildman–Crippen MR) is 155 cm³/mol. The zero-order valence-corrected chi connectivity index (χ0v) is 23.1. The number of aromatic nitrogens is 1. The van der Waals surface area contributed by atoms with Crippen LogP contribution < -0.4 is 21.7 Å². The van der Waals surface area contributed by atoms with E-state index < -0.39 is 29.5 Å². The van der Waals surface area contributed by atoms with Crippen LogP contribution in [0.3, 0.4) is 0 Å². The molecule has 212 valence electrons. The number of fused-ring (bicyclic) bond motifs is 1. The van der Waals surface area contributed by atoms with Gasteiger partial charge in [0.1, 0.15) is 11.4 Å². The Kier molecular flexibility index (Phi) is 8.39. The summed E-state index contributed by atoms with van der Waals surface area (Å²) in [7, 11) is 0. The van der Waals surface area contributed by atoms with Gasteiger partial charge < -0.3 is 26.4 Å². The van der Waals surface area contributed by atoms with Crippen LogP contribution in [-0.2, 0) is 10.9 Å². The average molecular weight is 582 g/mol. The van der Waals surface area contributed by atoms with Crippen LogP contribution in [-0.4, -0.2) is 29.3 Å². The second kappa shape index (κ2) is 11.8. The maximum atomic E-state index is 12.9. The van der Waals surface area contributed by atoms with Crippen LogP contribution in [0.2, 0.25) is 0 Å². The Balaban J connectivity index is 1.45. The number of nitrogens with one attached hydrogen (secondary N) is 3. The highest BCUT2D eigenvalue weighted by Gasteiger charge is 2.30. The first-order chi connectivity index (χ1) is 19.3. The minimum Gasteiger partial charge on any atom is -0.444 e. The van der Waals surface area contributed by atoms with Crippen molar-refractivity contribution in [2.75, 3.05) is 22.9 Å². The number of halogens is 3. The molecule has 12 heteroatoms. The lowest BCUT2D eigenvalue weighted by atomic mass is 10.0. The molecule has 0 fully saturated rings. The summed E-state index contributed by atoms with van der Waals surface area (Å²) in [5.74, 6) is 6.24. The Labute approximate surface area is 238 Å². The second-order valence-corrected chi connectivity index (χ2v) is 10.7. The van der Waals surface area contributed by atoms with Gasteiger partial charge in [-0.2, -0.15) is 13.2 Å². The first kappa shape index (κ1) is 29.2. The number of pyridine rings is 1. The molecule has 0 aliphatic heterocycles. The zero-order chi connectivity index (χ0) is 29.8. The van der Waals surface area contributed by atoms with Crippen molar-refractivity contribution in [3.05, 3.63) is 71.2 Å². The number of alkyl carbamates (subject to hydrolysis) is 1. The number of hydrogen-bond acceptors (Lipinski definition) is 6. The van der Waals surface area contributed by atoms with E-state index in [4.69, 9.17) is 10.5 Å². The number of ether oxygens (including phenoxy) is 1. The summed E-state index contributed by atoms with van der Waals surface area (Å²) in [5, 5.41) is 10.2. The number of rotatable bonds is 4. The SMILES string of the molecule is CC(C)(C)OC(=O)NCC#Cc1cnc(N)c2c(-c3ccc(NC(=O)Nc4cccc(C(F)(F)F)c4)cc3)csc12. The summed E-state index contributed by atoms with van der Waals surface area (Å²) in [5.41, 5.74) is 7.48. The fraction of sp³-hybridized carbons (Fsp3) is 0.207. The summed E-state index contributed by atoms with van der Waals surface area (Å²) < 4.78 is 44.8. The Morgan fingerprint density at radius 3 is 2.44 bits per heavy atom. The normalized spacial score (nSPS) is 11.4. The van der Waals surface area contributed by atoms with E-state index in [0.29, 0.717) is 17.1 Å². The van der Waals surface area contributed by atoms with Gasteiger partial charge >= 0.3 is 18.3 Å². The van der Waals surface area contributed by atoms with Gasteiger partial charge in [-0.3, -0.25) is 0 Å². The van der Waals surface area contributed by atoms with Gasteiger partial charge in [-0.05, 0) is 62.0 Å². The molecule has 0 saturated heterocycles. The lowest BCUT2D eigenvalue weighted by Crippen LogP contribution is -2.32. The van der Waals surface area contributed by atoms with Crippen molar-refractivity contribution in [2.24, 2.45) is 0 Å². The van der Waals surface area contributed by atoms with Crippen molar-refractivity contribution in [2.45, 2.75) is 32.5 Å². The second-order valence-electron chi connectivity index (χ2n) is 9.80. The summed E-state index contributed by atoms with van der Waals surface area (Å²) in [4.78, 5) is 28.4. The maximum Gasteiger partial charge on any atom is 0.416 e. The number of hydrogen-bond donors (Lipinski definition) is 4. The number of carbonyl (C=O) groups is 2. The van der Waals surface area contributed by atoms with E-state index in [1.54, 1.807) is 51.2 Å². The topological polar surface area (TPSA) is 118 Å². The van der Waals surface area contributed by atoms with Crippen LogP contribution >= 0.6 is 11.3 Å². The molecular formula is C29H26F3N5O3S. The van der Waals surface area contributed by atoms with Gasteiger partial charge in [-0.15, -0.1) is 11.3 Å². The smallest absolute Gasteiger partial charge is 0.416 e. The number of anilines is 3. The van der Waals surface area contributed by atoms with E-state index in [-0.39, 0.29) is 12.2 Å². The lowest BCUT2D eigenvalue weighted by Gasteiger charge is -2.18. The largest absolute Gasteiger partial charge is 0.444 e. The van der Waals surface area contributed by atoms with E-state index in [2.05, 4.69) is 32.8 Å². The fourth-order valence-corrected chi connectivity index (χ4v) is 4.79. The van der Waals surface area contributed by atoms with E-state index in [9.17, 15) is 22.8 Å². The number of thiophene rings is 1. The number of nitrogen functional groups attached to an aromatic ring is 1. The molecule has 3 amide bonds. The molecule has 0 radical (unpaired) electrons. The van der Waals surface area contributed by atoms with Crippen LogP contribution in [0, 0.1) is 11.8 Å². The van der Waals surface area contributed by atoms with Crippen LogP contribution in [0.5, 0.6) is 0 Å². The number of urea groups is 1. The summed E-state index contributed by atoms with van der Waals surface area (Å²) in [6.07, 6.45) is -3.49. The van der Waals surface area contributed by atoms with Gasteiger partial charge in [0.05, 0.1) is 22.4 Å². The summed E-state index contributed by atoms with van der Waals surface area (Å²) in [6.45, 7) is 5.41. The van der Waals surface area contributed by atoms with Crippen molar-refractivity contribution >= 4 is 50.7 Å². The van der Waals surface area contributed by atoms with Crippen molar-refractivity contribution in [1.29, 1.82) is 0 Å². The first-order valence-corrected chi connectivity index (χ1v) is 13.2. The molecule has 0 spiro atoms. The number of nitrogens with two attached hydrogens (primary N) is 1. The monoisotopic (exact) mass is 581 g/mol. The quantitative estimate of drug-likeness (QED) is 0.192. The Morgan fingerprint density at radius 2 is 1.76 bits per heavy atom. The molecule has 2 aromatic carbocycles. The highest BCUT2D eigenvalue weighted by molar-refractivity contribution is 7.18. The van der Waals surface area contributed by atoms with Crippen LogP contribution in [0.25, 0.3) is 21.2 Å². The van der Waals surface area contributed by atoms with Gasteiger partial charge in [0, 0.05) is 28.5 Å². The molecule has 8 nitrogen and oxygen atoms in total. The third-order valence-electron chi connectivity index (χ3n) is 5.47. The van der Waals surface area contributed by atoms with Crippen LogP contribution in [0.1, 0.15) is 31.9 Å². The van der Waals surface area contributed by atoms with Gasteiger partial charge in [-0.1, -0.05) is 30.0 Å². The van der Waals surface area contributed by atoms with E-state index in [1.807, 2.05) is 5.38 Å². The Morgan fingerprint density at radius 1 is 1.05 bits per heavy atom. The van der Waals surface area contributed by atoms with Gasteiger partial charge in [0.2, 0.25) is 0 Å². The van der Waals surface area contributed by atoms with Crippen molar-refractivity contribution in [1.82, 2.24) is 10.3 Å². The summed E-state index contributed by atoms with van der Waals surface area (Å²) >= 11 is 1.45. The number of nitrogens with zero attached hydrogens (tertiary/aromatic N) is 1. The van der Waals surface area contributed by atoms with Crippen LogP contribution in [0.15, 0.2) is 60.1 Å². The van der Waals surface area contributed by atoms with Gasteiger partial charge in [0.15, 0.2) is 0 Å². The first-order valence-electron chi connectivity index (χ1n) is 12.3. The third kappa shape index (κ3) is 7.67. The number of benzene rings is 2. The van der Waals surface area contributed by atoms with E-state index >= 15 is 0 Å². The Bertz CT molecular complexity index is 1650. The zero-order valence-electron chi connectivity index (χ0n) is 22.3. The molecular weight excluding hydrogens is 555 g/mol. The maximum absolute atomic E-state index is 12.9. The molecule has 2 aromatic heterocycles. The molecule has 41 heavy (non-hydrogen) atoms. The molecule has 4 rings (SSSR count). The number of carbonyl (C=O) groups excluding carboxylic acids is 2. The minimum atomic E-state index is -4.51. The van der Waals surface area contributed by atoms with Crippen molar-refractivity contribution < 1.29 is 27.5 Å².